The molecule has 0 aliphatic heterocycles. The van der Waals surface area contributed by atoms with Gasteiger partial charge in [-0.05, 0) is 56.3 Å². The minimum Gasteiger partial charge on any atom is -0.503 e. The summed E-state index contributed by atoms with van der Waals surface area (Å²) in [6, 6.07) is 26.6. The number of aromatic nitrogens is 3. The molecule has 0 spiro atoms. The summed E-state index contributed by atoms with van der Waals surface area (Å²) in [5.41, 5.74) is 4.73. The van der Waals surface area contributed by atoms with E-state index >= 15 is 0 Å². The quantitative estimate of drug-likeness (QED) is 0.112. The van der Waals surface area contributed by atoms with Crippen LogP contribution in [0.5, 0.6) is 11.5 Å². The molecule has 0 saturated carbocycles. The molecule has 4 nitrogen and oxygen atoms in total. The standard InChI is InChI=1S/C47H33N3OS.Pt/c1-32(2)42-30-52-47-41(42)26-27-48-45(47)35-18-11-20-37(28-35)51-38-21-12-19-36(29-38)49-31-50(44-25-10-9-24-43(44)49)46-39(33-14-5-3-6-15-33)22-13-23-40(46)34-16-7-4-8-17-34;/h3-27,30,32H,1-2H3;/q-2;/i3D,4D,5D,6D,7D,8D,14D,15D,16D,17D;. The Morgan fingerprint density at radius 3 is 2.13 bits per heavy atom. The molecule has 0 aliphatic rings. The number of ether oxygens (including phenoxy) is 1. The first-order valence-corrected chi connectivity index (χ1v) is 17.5. The largest absolute Gasteiger partial charge is 0.503 e. The monoisotopic (exact) mass is 892 g/mol. The second-order valence-corrected chi connectivity index (χ2v) is 13.2. The Morgan fingerprint density at radius 1 is 0.755 bits per heavy atom. The van der Waals surface area contributed by atoms with Crippen LogP contribution in [0.2, 0.25) is 0 Å². The second kappa shape index (κ2) is 14.8. The Morgan fingerprint density at radius 2 is 1.42 bits per heavy atom. The minimum atomic E-state index is -0.568. The number of benzene rings is 6. The van der Waals surface area contributed by atoms with Crippen LogP contribution in [0.1, 0.15) is 39.0 Å². The van der Waals surface area contributed by atoms with Crippen LogP contribution in [0.3, 0.4) is 0 Å². The van der Waals surface area contributed by atoms with Gasteiger partial charge in [0.25, 0.3) is 6.33 Å². The Labute approximate surface area is 341 Å². The van der Waals surface area contributed by atoms with Crippen molar-refractivity contribution in [3.63, 3.8) is 0 Å². The van der Waals surface area contributed by atoms with Gasteiger partial charge in [0.2, 0.25) is 0 Å². The molecule has 0 radical (unpaired) electrons. The molecule has 6 heteroatoms. The van der Waals surface area contributed by atoms with Crippen molar-refractivity contribution in [2.24, 2.45) is 0 Å². The summed E-state index contributed by atoms with van der Waals surface area (Å²) in [6.45, 7) is 4.35. The van der Waals surface area contributed by atoms with Crippen LogP contribution in [0.4, 0.5) is 0 Å². The Balaban J connectivity index is 0.00000544. The zero-order valence-electron chi connectivity index (χ0n) is 38.3. The van der Waals surface area contributed by atoms with Crippen molar-refractivity contribution in [1.29, 1.82) is 0 Å². The molecular weight excluding hydrogens is 850 g/mol. The van der Waals surface area contributed by atoms with Crippen LogP contribution >= 0.6 is 11.3 Å². The summed E-state index contributed by atoms with van der Waals surface area (Å²) in [5, 5.41) is 3.34. The molecule has 0 N–H and O–H groups in total. The summed E-state index contributed by atoms with van der Waals surface area (Å²) in [4.78, 5) is 4.71. The van der Waals surface area contributed by atoms with E-state index in [-0.39, 0.29) is 49.0 Å². The summed E-state index contributed by atoms with van der Waals surface area (Å²) >= 11 is 1.66. The van der Waals surface area contributed by atoms with Crippen molar-refractivity contribution < 1.29 is 44.1 Å². The van der Waals surface area contributed by atoms with E-state index in [9.17, 15) is 0 Å². The Kier molecular flexibility index (Phi) is 6.86. The first-order valence-electron chi connectivity index (χ1n) is 21.6. The van der Waals surface area contributed by atoms with Crippen LogP contribution in [0, 0.1) is 18.5 Å². The summed E-state index contributed by atoms with van der Waals surface area (Å²) in [7, 11) is 0. The van der Waals surface area contributed by atoms with Crippen LogP contribution in [0.15, 0.2) is 157 Å². The van der Waals surface area contributed by atoms with Crippen LogP contribution < -0.4 is 9.30 Å². The minimum absolute atomic E-state index is 0. The predicted octanol–water partition coefficient (Wildman–Crippen LogP) is 11.8. The third-order valence-electron chi connectivity index (χ3n) is 8.74. The Hall–Kier alpha value is -5.61. The van der Waals surface area contributed by atoms with Gasteiger partial charge in [0, 0.05) is 49.2 Å². The molecule has 260 valence electrons. The molecule has 0 unspecified atom stereocenters. The van der Waals surface area contributed by atoms with Crippen molar-refractivity contribution in [2.45, 2.75) is 19.8 Å². The van der Waals surface area contributed by atoms with Crippen molar-refractivity contribution in [3.8, 4) is 56.4 Å². The SMILES string of the molecule is [2H]c1c([2H])c([2H])c(-c2cccc(-c3c([2H])c([2H])c([2H])c([2H])c3[2H])c2-[n+]2[c-]n(-c3[c-]c(Oc4[c-]c(-c5nccc6c(C(C)C)csc56)ccc4)ccc3)c3ccccc32)c([2H])c1[2H].[Pt]. The number of rotatable bonds is 8. The van der Waals surface area contributed by atoms with Gasteiger partial charge in [0.1, 0.15) is 0 Å². The summed E-state index contributed by atoms with van der Waals surface area (Å²) in [6.07, 6.45) is 5.19. The van der Waals surface area contributed by atoms with E-state index < -0.39 is 60.4 Å². The van der Waals surface area contributed by atoms with Crippen LogP contribution in [-0.2, 0) is 21.1 Å². The van der Waals surface area contributed by atoms with Gasteiger partial charge in [0.15, 0.2) is 0 Å². The third kappa shape index (κ3) is 6.52. The Bertz CT molecular complexity index is 3150. The maximum Gasteiger partial charge on any atom is 0.268 e. The molecule has 53 heavy (non-hydrogen) atoms. The van der Waals surface area contributed by atoms with Gasteiger partial charge in [-0.2, -0.15) is 23.5 Å². The summed E-state index contributed by atoms with van der Waals surface area (Å²) < 4.78 is 97.1. The number of pyridine rings is 1. The van der Waals surface area contributed by atoms with Gasteiger partial charge in [-0.1, -0.05) is 123 Å². The normalized spacial score (nSPS) is 13.9. The maximum absolute atomic E-state index is 8.94. The van der Waals surface area contributed by atoms with E-state index in [1.165, 1.54) is 10.9 Å². The number of thiophene rings is 1. The molecule has 0 bridgehead atoms. The molecule has 0 atom stereocenters. The van der Waals surface area contributed by atoms with Crippen LogP contribution in [0.25, 0.3) is 66.0 Å². The van der Waals surface area contributed by atoms with E-state index in [1.54, 1.807) is 69.0 Å². The van der Waals surface area contributed by atoms with E-state index in [2.05, 4.69) is 37.7 Å². The smallest absolute Gasteiger partial charge is 0.268 e. The molecule has 9 rings (SSSR count). The third-order valence-corrected chi connectivity index (χ3v) is 9.76. The predicted molar refractivity (Wildman–Crippen MR) is 211 cm³/mol. The number of imidazole rings is 1. The first-order chi connectivity index (χ1) is 29.8. The average molecular weight is 893 g/mol. The van der Waals surface area contributed by atoms with Crippen molar-refractivity contribution in [3.05, 3.63) is 181 Å². The number of hydrogen-bond acceptors (Lipinski definition) is 3. The molecule has 3 aromatic heterocycles. The number of fused-ring (bicyclic) bond motifs is 2. The molecule has 0 fully saturated rings. The van der Waals surface area contributed by atoms with Gasteiger partial charge < -0.3 is 14.3 Å². The first kappa shape index (κ1) is 24.6. The van der Waals surface area contributed by atoms with Crippen LogP contribution in [-0.4, -0.2) is 9.55 Å². The molecule has 0 saturated heterocycles. The molecular formula is C47H33N3OPtS-2. The van der Waals surface area contributed by atoms with E-state index in [1.807, 2.05) is 42.6 Å². The van der Waals surface area contributed by atoms with Gasteiger partial charge in [0.05, 0.1) is 30.4 Å². The fraction of sp³-hybridized carbons (Fsp3) is 0.0638. The zero-order valence-corrected chi connectivity index (χ0v) is 31.4. The number of nitrogens with zero attached hydrogens (tertiary/aromatic N) is 3. The second-order valence-electron chi connectivity index (χ2n) is 12.3. The van der Waals surface area contributed by atoms with Gasteiger partial charge in [-0.3, -0.25) is 4.57 Å². The van der Waals surface area contributed by atoms with Crippen molar-refractivity contribution in [2.75, 3.05) is 0 Å². The fourth-order valence-electron chi connectivity index (χ4n) is 6.37. The van der Waals surface area contributed by atoms with Gasteiger partial charge in [-0.25, -0.2) is 0 Å². The molecule has 0 amide bonds. The number of para-hydroxylation sites is 3. The van der Waals surface area contributed by atoms with E-state index in [0.717, 1.165) is 16.0 Å². The van der Waals surface area contributed by atoms with Gasteiger partial charge in [-0.15, -0.1) is 35.9 Å². The van der Waals surface area contributed by atoms with E-state index in [0.29, 0.717) is 34.1 Å². The molecule has 0 aliphatic carbocycles. The van der Waals surface area contributed by atoms with Crippen molar-refractivity contribution >= 4 is 32.5 Å². The topological polar surface area (TPSA) is 30.9 Å². The zero-order chi connectivity index (χ0) is 43.7. The van der Waals surface area contributed by atoms with E-state index in [4.69, 9.17) is 23.4 Å². The number of hydrogen-bond donors (Lipinski definition) is 0. The van der Waals surface area contributed by atoms with Gasteiger partial charge >= 0.3 is 0 Å². The average Bonchev–Trinajstić information content (AvgIpc) is 3.90. The molecule has 6 aromatic carbocycles. The summed E-state index contributed by atoms with van der Waals surface area (Å²) in [5.74, 6) is 1.19. The molecule has 9 aromatic rings. The maximum atomic E-state index is 8.94. The molecule has 3 heterocycles. The van der Waals surface area contributed by atoms with Crippen molar-refractivity contribution in [1.82, 2.24) is 9.55 Å². The fourth-order valence-corrected chi connectivity index (χ4v) is 7.60.